The average Bonchev–Trinajstić information content (AvgIpc) is 1.15. The number of cyclic esters (lactones) is 3. The number of anilines is 3. The Balaban J connectivity index is 0.739. The molecule has 3 aliphatic rings. The lowest BCUT2D eigenvalue weighted by molar-refractivity contribution is -0.267. The summed E-state index contributed by atoms with van der Waals surface area (Å²) in [6.07, 6.45) is 14.2. The molecule has 41 heteroatoms. The number of phosphoric ester groups is 1. The molecule has 0 N–H and O–H groups in total. The third-order valence-corrected chi connectivity index (χ3v) is 26.0. The van der Waals surface area contributed by atoms with Gasteiger partial charge < -0.3 is 14.2 Å². The number of hydrogen-bond acceptors (Lipinski definition) is 25. The van der Waals surface area contributed by atoms with Gasteiger partial charge in [-0.2, -0.15) is 15.3 Å². The quantitative estimate of drug-likeness (QED) is 0.0366. The Morgan fingerprint density at radius 2 is 0.597 bits per heavy atom. The molecule has 18 rings (SSSR count). The third kappa shape index (κ3) is 15.3. The molecule has 15 heterocycles. The molecular weight excluding hydrogens is 1760 g/mol. The molecule has 3 saturated heterocycles. The number of carbonyl (C=O) groups excluding carboxylic acids is 3. The van der Waals surface area contributed by atoms with E-state index in [9.17, 15) is 27.6 Å². The van der Waals surface area contributed by atoms with Gasteiger partial charge in [0, 0.05) is 67.8 Å². The molecule has 0 bridgehead atoms. The van der Waals surface area contributed by atoms with Crippen molar-refractivity contribution < 1.29 is 73.1 Å². The van der Waals surface area contributed by atoms with E-state index in [0.29, 0.717) is 50.5 Å². The van der Waals surface area contributed by atoms with Crippen LogP contribution >= 0.6 is 7.82 Å². The number of aromatic nitrogens is 21. The van der Waals surface area contributed by atoms with E-state index in [2.05, 4.69) is 30.2 Å². The molecule has 0 radical (unpaired) electrons. The number of nitrogens with zero attached hydrogens (tertiary/aromatic N) is 24. The topological polar surface area (TPSA) is 355 Å². The van der Waals surface area contributed by atoms with E-state index in [-0.39, 0.29) is 88.4 Å². The Morgan fingerprint density at radius 3 is 0.828 bits per heavy atom. The SMILES string of the molecule is CC(C)(C)C(OP(=O)(OC(n1cnc(-c2ccc(-c3cnn4ccc(N5C(=O)OCC5c5ccc(F)cn5)nc34)cc2F)n1)(C(C)(C)C)C(C)(C)C)OC(n1cnc(-c2ccc(-c3cnn4ccc(N5C(=O)OCC5c5ccc(F)cn5)nc34)cc2F)n1)(C(C)(C)C)C(C)(C)C)(n1cnc(-c2ccc(-c3cnn4ccc(N5C(=O)OCC5c5ccc(F)cn5)nc34)cc2F)n1)C(C)(C)C. The fourth-order valence-corrected chi connectivity index (χ4v) is 22.1. The molecule has 0 saturated carbocycles. The Bertz CT molecular complexity index is 6470. The van der Waals surface area contributed by atoms with E-state index in [1.54, 1.807) is 55.0 Å². The highest BCUT2D eigenvalue weighted by molar-refractivity contribution is 7.48. The summed E-state index contributed by atoms with van der Waals surface area (Å²) in [7, 11) is -5.81. The second-order valence-corrected chi connectivity index (χ2v) is 40.6. The van der Waals surface area contributed by atoms with Crippen LogP contribution in [0, 0.1) is 67.4 Å². The van der Waals surface area contributed by atoms with Gasteiger partial charge in [0.2, 0.25) is 0 Å². The molecule has 3 aliphatic heterocycles. The van der Waals surface area contributed by atoms with Crippen LogP contribution in [0.15, 0.2) is 184 Å². The van der Waals surface area contributed by atoms with Gasteiger partial charge >= 0.3 is 26.1 Å². The lowest BCUT2D eigenvalue weighted by Gasteiger charge is -2.58. The summed E-state index contributed by atoms with van der Waals surface area (Å²) in [5.74, 6) is -4.07. The van der Waals surface area contributed by atoms with Gasteiger partial charge in [0.25, 0.3) is 0 Å². The number of amides is 3. The van der Waals surface area contributed by atoms with E-state index in [4.69, 9.17) is 73.0 Å². The van der Waals surface area contributed by atoms with Gasteiger partial charge in [0.05, 0.1) is 71.0 Å². The molecule has 692 valence electrons. The van der Waals surface area contributed by atoms with E-state index in [1.165, 1.54) is 153 Å². The van der Waals surface area contributed by atoms with E-state index >= 15 is 17.7 Å². The molecule has 3 unspecified atom stereocenters. The highest BCUT2D eigenvalue weighted by atomic mass is 31.2. The second kappa shape index (κ2) is 32.4. The summed E-state index contributed by atoms with van der Waals surface area (Å²) in [4.78, 5) is 85.6. The first-order valence-corrected chi connectivity index (χ1v) is 44.3. The minimum Gasteiger partial charge on any atom is -0.446 e. The van der Waals surface area contributed by atoms with Crippen LogP contribution in [-0.2, 0) is 49.5 Å². The van der Waals surface area contributed by atoms with Gasteiger partial charge in [0.1, 0.15) is 109 Å². The monoisotopic (exact) mass is 1850 g/mol. The molecule has 3 aromatic carbocycles. The molecule has 0 aliphatic carbocycles. The second-order valence-electron chi connectivity index (χ2n) is 39.2. The minimum absolute atomic E-state index is 0.0877. The van der Waals surface area contributed by atoms with E-state index in [1.807, 2.05) is 125 Å². The van der Waals surface area contributed by atoms with Crippen molar-refractivity contribution in [3.05, 3.63) is 236 Å². The van der Waals surface area contributed by atoms with Crippen LogP contribution in [-0.4, -0.2) is 141 Å². The summed E-state index contributed by atoms with van der Waals surface area (Å²) in [5.41, 5.74) is -10.6. The molecule has 134 heavy (non-hydrogen) atoms. The molecule has 0 spiro atoms. The molecule has 12 aromatic heterocycles. The van der Waals surface area contributed by atoms with Crippen molar-refractivity contribution in [2.24, 2.45) is 32.5 Å². The molecule has 3 atom stereocenters. The van der Waals surface area contributed by atoms with E-state index in [0.717, 1.165) is 18.6 Å². The van der Waals surface area contributed by atoms with Gasteiger partial charge in [-0.3, -0.25) is 28.5 Å². The largest absolute Gasteiger partial charge is 0.481 e. The molecule has 3 fully saturated rings. The number of halogens is 6. The van der Waals surface area contributed by atoms with Crippen molar-refractivity contribution in [1.29, 1.82) is 0 Å². The summed E-state index contributed by atoms with van der Waals surface area (Å²) in [6.45, 7) is 32.6. The first-order valence-electron chi connectivity index (χ1n) is 42.8. The fourth-order valence-electron chi connectivity index (χ4n) is 19.2. The van der Waals surface area contributed by atoms with Crippen LogP contribution in [0.25, 0.3) is 84.5 Å². The van der Waals surface area contributed by atoms with Gasteiger partial charge in [-0.15, -0.1) is 15.3 Å². The smallest absolute Gasteiger partial charge is 0.446 e. The zero-order valence-corrected chi connectivity index (χ0v) is 77.1. The van der Waals surface area contributed by atoms with Gasteiger partial charge in [-0.05, 0) is 108 Å². The van der Waals surface area contributed by atoms with E-state index < -0.39 is 129 Å². The number of carbonyl (C=O) groups is 3. The number of fused-ring (bicyclic) bond motifs is 3. The maximum atomic E-state index is 18.8. The number of ether oxygens (including phenoxy) is 3. The normalized spacial score (nSPS) is 16.9. The molecule has 3 amide bonds. The highest BCUT2D eigenvalue weighted by Crippen LogP contribution is 2.72. The molecular formula is C93H93F6N24O10P. The molecule has 34 nitrogen and oxygen atoms in total. The van der Waals surface area contributed by atoms with Crippen molar-refractivity contribution in [2.75, 3.05) is 34.5 Å². The first kappa shape index (κ1) is 90.4. The number of benzene rings is 3. The predicted octanol–water partition coefficient (Wildman–Crippen LogP) is 19.5. The van der Waals surface area contributed by atoms with Crippen molar-refractivity contribution in [1.82, 2.24) is 103 Å². The first-order chi connectivity index (χ1) is 63.2. The Morgan fingerprint density at radius 1 is 0.336 bits per heavy atom. The Labute approximate surface area is 763 Å². The van der Waals surface area contributed by atoms with Crippen LogP contribution in [0.1, 0.15) is 160 Å². The van der Waals surface area contributed by atoms with Crippen molar-refractivity contribution in [3.8, 4) is 67.5 Å². The maximum Gasteiger partial charge on any atom is 0.481 e. The average molecular weight is 1850 g/mol. The van der Waals surface area contributed by atoms with Gasteiger partial charge in [-0.25, -0.2) is 117 Å². The minimum atomic E-state index is -5.81. The predicted molar refractivity (Wildman–Crippen MR) is 476 cm³/mol. The van der Waals surface area contributed by atoms with Crippen LogP contribution in [0.3, 0.4) is 0 Å². The Hall–Kier alpha value is -14.1. The molecule has 15 aromatic rings. The lowest BCUT2D eigenvalue weighted by Crippen LogP contribution is -2.61. The summed E-state index contributed by atoms with van der Waals surface area (Å²) in [5, 5.41) is 28.9. The zero-order chi connectivity index (χ0) is 95.4. The van der Waals surface area contributed by atoms with Crippen LogP contribution in [0.2, 0.25) is 0 Å². The van der Waals surface area contributed by atoms with Gasteiger partial charge in [-0.1, -0.05) is 143 Å². The van der Waals surface area contributed by atoms with Crippen LogP contribution < -0.4 is 14.7 Å². The highest BCUT2D eigenvalue weighted by Gasteiger charge is 2.68. The van der Waals surface area contributed by atoms with Crippen LogP contribution in [0.4, 0.5) is 58.2 Å². The van der Waals surface area contributed by atoms with Crippen molar-refractivity contribution in [2.45, 2.75) is 160 Å². The van der Waals surface area contributed by atoms with Crippen molar-refractivity contribution >= 4 is 60.5 Å². The summed E-state index contributed by atoms with van der Waals surface area (Å²) in [6, 6.07) is 23.5. The Kier molecular flexibility index (Phi) is 21.9. The summed E-state index contributed by atoms with van der Waals surface area (Å²) >= 11 is 0. The standard InChI is InChI=1S/C93H93F6N24O10P/c1-85(2,3)91(86(4,5)6,118-49-103-76(112-118)58-25-19-52(37-64(58)97)61-43-106-115-34-31-73(109-79(61)115)121-70(46-128-82(121)124)67-28-22-55(94)40-100-67)131-134(127,132-92(87(7,8)9,88(10,11)12)119-50-104-77(113-119)59-26-20-53(38-65(59)98)62-44-107-116-35-32-74(110-80(62)116)122-71(47-129-83(122)125)68-29-23-56(95)41-101-68)133-93(89(13,14)15,90(16,17)18)120-51-105-78(114-120)60-27-21-54(39-66(60)99)63-45-108-117-36-33-75(111-81(63)117)123-72(48-130-84(123)126)69-30-24-57(96)42-102-69/h19-45,49-51,70-72H,46-48H2,1-18H3. The lowest BCUT2D eigenvalue weighted by atomic mass is 9.68. The summed E-state index contributed by atoms with van der Waals surface area (Å²) < 4.78 is 162. The van der Waals surface area contributed by atoms with Crippen LogP contribution in [0.5, 0.6) is 0 Å². The number of phosphoric acid groups is 1. The zero-order valence-electron chi connectivity index (χ0n) is 76.2. The third-order valence-electron chi connectivity index (χ3n) is 24.5. The van der Waals surface area contributed by atoms with Crippen molar-refractivity contribution in [3.63, 3.8) is 0 Å². The maximum absolute atomic E-state index is 18.8. The number of pyridine rings is 3. The fraction of sp³-hybridized carbons (Fsp3) is 0.355. The van der Waals surface area contributed by atoms with Gasteiger partial charge in [0.15, 0.2) is 51.6 Å². The number of hydrogen-bond donors (Lipinski definition) is 0. The number of rotatable bonds is 21.